The maximum absolute atomic E-state index is 10.7. The van der Waals surface area contributed by atoms with Crippen molar-refractivity contribution in [1.29, 1.82) is 0 Å². The van der Waals surface area contributed by atoms with Crippen LogP contribution in [0.1, 0.15) is 6.42 Å². The third kappa shape index (κ3) is 5.05. The highest BCUT2D eigenvalue weighted by atomic mass is 32.2. The normalized spacial score (nSPS) is 13.9. The fourth-order valence-corrected chi connectivity index (χ4v) is 1.26. The number of nitrogens with one attached hydrogen (secondary N) is 1. The average molecular weight is 195 g/mol. The van der Waals surface area contributed by atoms with E-state index in [0.29, 0.717) is 0 Å². The third-order valence-electron chi connectivity index (χ3n) is 1.28. The molecule has 0 saturated heterocycles. The van der Waals surface area contributed by atoms with Crippen LogP contribution in [0.3, 0.4) is 0 Å². The molecule has 5 N–H and O–H groups in total. The van der Waals surface area contributed by atoms with Crippen LogP contribution in [0.4, 0.5) is 0 Å². The summed E-state index contributed by atoms with van der Waals surface area (Å²) in [4.78, 5) is 10.7. The van der Waals surface area contributed by atoms with Crippen molar-refractivity contribution >= 4 is 15.7 Å². The lowest BCUT2D eigenvalue weighted by Crippen LogP contribution is -2.44. The van der Waals surface area contributed by atoms with E-state index in [2.05, 4.69) is 0 Å². The number of sulfone groups is 1. The van der Waals surface area contributed by atoms with E-state index in [-0.39, 0.29) is 12.2 Å². The number of hydrogen-bond donors (Lipinski definition) is 3. The standard InChI is InChI=1S/C5H13N3O3S/c1-12(10,11)3-2-4(6)5(9)8-7/h4H,2-3,6-7H2,1H3,(H,8,9)/t4-/m0/s1. The molecule has 0 fully saturated rings. The van der Waals surface area contributed by atoms with Crippen molar-refractivity contribution < 1.29 is 13.2 Å². The number of nitrogens with two attached hydrogens (primary N) is 2. The Morgan fingerprint density at radius 1 is 1.58 bits per heavy atom. The number of amides is 1. The Morgan fingerprint density at radius 3 is 2.42 bits per heavy atom. The van der Waals surface area contributed by atoms with Crippen molar-refractivity contribution in [2.75, 3.05) is 12.0 Å². The summed E-state index contributed by atoms with van der Waals surface area (Å²) in [7, 11) is -3.06. The molecule has 6 nitrogen and oxygen atoms in total. The van der Waals surface area contributed by atoms with Crippen molar-refractivity contribution in [1.82, 2.24) is 5.43 Å². The van der Waals surface area contributed by atoms with Crippen LogP contribution in [0.5, 0.6) is 0 Å². The monoisotopic (exact) mass is 195 g/mol. The van der Waals surface area contributed by atoms with Crippen LogP contribution < -0.4 is 17.0 Å². The first-order valence-electron chi connectivity index (χ1n) is 3.30. The summed E-state index contributed by atoms with van der Waals surface area (Å²) < 4.78 is 21.3. The summed E-state index contributed by atoms with van der Waals surface area (Å²) in [5, 5.41) is 0. The molecule has 0 spiro atoms. The number of carbonyl (C=O) groups is 1. The van der Waals surface area contributed by atoms with Gasteiger partial charge in [0.05, 0.1) is 11.8 Å². The predicted octanol–water partition coefficient (Wildman–Crippen LogP) is -2.26. The Labute approximate surface area is 71.2 Å². The number of carbonyl (C=O) groups excluding carboxylic acids is 1. The van der Waals surface area contributed by atoms with E-state index in [4.69, 9.17) is 11.6 Å². The summed E-state index contributed by atoms with van der Waals surface area (Å²) >= 11 is 0. The van der Waals surface area contributed by atoms with Crippen LogP contribution in [0.25, 0.3) is 0 Å². The minimum absolute atomic E-state index is 0.0852. The molecule has 0 aromatic heterocycles. The zero-order valence-corrected chi connectivity index (χ0v) is 7.60. The lowest BCUT2D eigenvalue weighted by molar-refractivity contribution is -0.122. The van der Waals surface area contributed by atoms with E-state index in [1.165, 1.54) is 0 Å². The molecule has 0 heterocycles. The maximum atomic E-state index is 10.7. The van der Waals surface area contributed by atoms with Gasteiger partial charge in [-0.05, 0) is 6.42 Å². The van der Waals surface area contributed by atoms with Crippen LogP contribution in [-0.2, 0) is 14.6 Å². The van der Waals surface area contributed by atoms with Gasteiger partial charge in [0.1, 0.15) is 9.84 Å². The minimum atomic E-state index is -3.06. The molecule has 0 rings (SSSR count). The Kier molecular flexibility index (Phi) is 4.15. The first kappa shape index (κ1) is 11.3. The minimum Gasteiger partial charge on any atom is -0.320 e. The molecule has 0 aliphatic heterocycles. The van der Waals surface area contributed by atoms with Gasteiger partial charge in [-0.25, -0.2) is 14.3 Å². The second-order valence-corrected chi connectivity index (χ2v) is 4.79. The highest BCUT2D eigenvalue weighted by Crippen LogP contribution is 1.92. The van der Waals surface area contributed by atoms with E-state index in [9.17, 15) is 13.2 Å². The lowest BCUT2D eigenvalue weighted by Gasteiger charge is -2.07. The smallest absolute Gasteiger partial charge is 0.250 e. The summed E-state index contributed by atoms with van der Waals surface area (Å²) in [6.07, 6.45) is 1.17. The van der Waals surface area contributed by atoms with Crippen LogP contribution in [0.15, 0.2) is 0 Å². The molecule has 7 heteroatoms. The van der Waals surface area contributed by atoms with Gasteiger partial charge in [0.25, 0.3) is 5.91 Å². The maximum Gasteiger partial charge on any atom is 0.250 e. The zero-order valence-electron chi connectivity index (χ0n) is 6.78. The Hall–Kier alpha value is -0.660. The van der Waals surface area contributed by atoms with E-state index >= 15 is 0 Å². The average Bonchev–Trinajstić information content (AvgIpc) is 1.97. The van der Waals surface area contributed by atoms with Crippen molar-refractivity contribution in [2.45, 2.75) is 12.5 Å². The van der Waals surface area contributed by atoms with Gasteiger partial charge >= 0.3 is 0 Å². The highest BCUT2D eigenvalue weighted by Gasteiger charge is 2.14. The second-order valence-electron chi connectivity index (χ2n) is 2.53. The van der Waals surface area contributed by atoms with E-state index in [1.807, 2.05) is 5.43 Å². The molecular weight excluding hydrogens is 182 g/mol. The Morgan fingerprint density at radius 2 is 2.08 bits per heavy atom. The van der Waals surface area contributed by atoms with Gasteiger partial charge in [-0.1, -0.05) is 0 Å². The Bertz CT molecular complexity index is 249. The largest absolute Gasteiger partial charge is 0.320 e. The number of hydrogen-bond acceptors (Lipinski definition) is 5. The topological polar surface area (TPSA) is 115 Å². The highest BCUT2D eigenvalue weighted by molar-refractivity contribution is 7.90. The molecule has 0 aliphatic rings. The third-order valence-corrected chi connectivity index (χ3v) is 2.26. The molecule has 72 valence electrons. The summed E-state index contributed by atoms with van der Waals surface area (Å²) in [5.74, 6) is 4.12. The molecule has 0 radical (unpaired) electrons. The van der Waals surface area contributed by atoms with Crippen molar-refractivity contribution in [3.8, 4) is 0 Å². The summed E-state index contributed by atoms with van der Waals surface area (Å²) in [5.41, 5.74) is 7.12. The zero-order chi connectivity index (χ0) is 9.78. The molecule has 0 aromatic carbocycles. The first-order chi connectivity index (χ1) is 5.37. The van der Waals surface area contributed by atoms with Crippen LogP contribution in [-0.4, -0.2) is 32.4 Å². The van der Waals surface area contributed by atoms with Crippen LogP contribution >= 0.6 is 0 Å². The SMILES string of the molecule is CS(=O)(=O)CC[C@H](N)C(=O)NN. The summed E-state index contributed by atoms with van der Waals surface area (Å²) in [6, 6.07) is -0.857. The molecule has 0 saturated carbocycles. The van der Waals surface area contributed by atoms with Gasteiger partial charge in [0.15, 0.2) is 0 Å². The molecule has 12 heavy (non-hydrogen) atoms. The lowest BCUT2D eigenvalue weighted by atomic mass is 10.2. The fourth-order valence-electron chi connectivity index (χ4n) is 0.579. The number of rotatable bonds is 4. The molecule has 0 bridgehead atoms. The first-order valence-corrected chi connectivity index (χ1v) is 5.36. The van der Waals surface area contributed by atoms with Crippen LogP contribution in [0.2, 0.25) is 0 Å². The van der Waals surface area contributed by atoms with Crippen molar-refractivity contribution in [3.05, 3.63) is 0 Å². The van der Waals surface area contributed by atoms with Crippen molar-refractivity contribution in [2.24, 2.45) is 11.6 Å². The predicted molar refractivity (Wildman–Crippen MR) is 44.6 cm³/mol. The van der Waals surface area contributed by atoms with Gasteiger partial charge in [-0.2, -0.15) is 0 Å². The second kappa shape index (κ2) is 4.39. The van der Waals surface area contributed by atoms with Crippen molar-refractivity contribution in [3.63, 3.8) is 0 Å². The number of hydrazine groups is 1. The van der Waals surface area contributed by atoms with Gasteiger partial charge < -0.3 is 5.73 Å². The van der Waals surface area contributed by atoms with Gasteiger partial charge in [0.2, 0.25) is 0 Å². The molecule has 0 aliphatic carbocycles. The van der Waals surface area contributed by atoms with Gasteiger partial charge in [-0.15, -0.1) is 0 Å². The quantitative estimate of drug-likeness (QED) is 0.266. The fraction of sp³-hybridized carbons (Fsp3) is 0.800. The molecular formula is C5H13N3O3S. The molecule has 1 amide bonds. The molecule has 0 aromatic rings. The van der Waals surface area contributed by atoms with Gasteiger partial charge in [-0.3, -0.25) is 10.2 Å². The van der Waals surface area contributed by atoms with E-state index < -0.39 is 21.8 Å². The summed E-state index contributed by atoms with van der Waals surface area (Å²) in [6.45, 7) is 0. The Balaban J connectivity index is 3.88. The van der Waals surface area contributed by atoms with E-state index in [1.54, 1.807) is 0 Å². The van der Waals surface area contributed by atoms with E-state index in [0.717, 1.165) is 6.26 Å². The molecule has 0 unspecified atom stereocenters. The van der Waals surface area contributed by atoms with Crippen LogP contribution in [0, 0.1) is 0 Å². The molecule has 1 atom stereocenters. The van der Waals surface area contributed by atoms with Gasteiger partial charge in [0, 0.05) is 6.26 Å².